The van der Waals surface area contributed by atoms with Crippen molar-refractivity contribution >= 4 is 0 Å². The minimum absolute atomic E-state index is 0.477. The van der Waals surface area contributed by atoms with E-state index in [2.05, 4.69) is 39.6 Å². The molecule has 0 unspecified atom stereocenters. The minimum atomic E-state index is 0.477. The van der Waals surface area contributed by atoms with Crippen LogP contribution in [-0.4, -0.2) is 13.1 Å². The zero-order chi connectivity index (χ0) is 9.61. The Morgan fingerprint density at radius 1 is 1.33 bits per heavy atom. The smallest absolute Gasteiger partial charge is 0.0159 e. The lowest BCUT2D eigenvalue weighted by Crippen LogP contribution is -2.18. The van der Waals surface area contributed by atoms with E-state index in [1.807, 2.05) is 0 Å². The molecule has 0 radical (unpaired) electrons. The Hall–Kier alpha value is -0.300. The van der Waals surface area contributed by atoms with Crippen LogP contribution in [-0.2, 0) is 0 Å². The van der Waals surface area contributed by atoms with Crippen molar-refractivity contribution in [2.24, 2.45) is 5.41 Å². The second-order valence-corrected chi connectivity index (χ2v) is 4.80. The number of hydrogen-bond donors (Lipinski definition) is 1. The Morgan fingerprint density at radius 2 is 1.92 bits per heavy atom. The summed E-state index contributed by atoms with van der Waals surface area (Å²) in [4.78, 5) is 0. The molecule has 0 saturated heterocycles. The Morgan fingerprint density at radius 3 is 2.33 bits per heavy atom. The molecule has 0 aromatic carbocycles. The van der Waals surface area contributed by atoms with Crippen molar-refractivity contribution in [2.45, 2.75) is 40.5 Å². The van der Waals surface area contributed by atoms with Gasteiger partial charge in [0.25, 0.3) is 0 Å². The summed E-state index contributed by atoms with van der Waals surface area (Å²) in [7, 11) is 0. The predicted octanol–water partition coefficient (Wildman–Crippen LogP) is 2.98. The predicted molar refractivity (Wildman–Crippen MR) is 56.4 cm³/mol. The highest BCUT2D eigenvalue weighted by molar-refractivity contribution is 4.90. The van der Waals surface area contributed by atoms with Gasteiger partial charge < -0.3 is 5.32 Å². The van der Waals surface area contributed by atoms with E-state index in [1.165, 1.54) is 18.4 Å². The first kappa shape index (κ1) is 11.7. The van der Waals surface area contributed by atoms with Crippen LogP contribution in [0.5, 0.6) is 0 Å². The molecule has 0 aromatic heterocycles. The molecule has 0 rings (SSSR count). The summed E-state index contributed by atoms with van der Waals surface area (Å²) in [5.41, 5.74) is 1.69. The van der Waals surface area contributed by atoms with Gasteiger partial charge >= 0.3 is 0 Å². The monoisotopic (exact) mass is 169 g/mol. The summed E-state index contributed by atoms with van der Waals surface area (Å²) < 4.78 is 0. The maximum atomic E-state index is 3.84. The molecule has 0 fully saturated rings. The van der Waals surface area contributed by atoms with Crippen molar-refractivity contribution in [1.29, 1.82) is 0 Å². The minimum Gasteiger partial charge on any atom is -0.313 e. The zero-order valence-electron chi connectivity index (χ0n) is 9.04. The largest absolute Gasteiger partial charge is 0.313 e. The van der Waals surface area contributed by atoms with Crippen molar-refractivity contribution in [3.8, 4) is 0 Å². The van der Waals surface area contributed by atoms with Crippen LogP contribution < -0.4 is 5.32 Å². The molecule has 72 valence electrons. The maximum Gasteiger partial charge on any atom is 0.0159 e. The molecule has 0 atom stereocenters. The van der Waals surface area contributed by atoms with E-state index >= 15 is 0 Å². The first-order valence-electron chi connectivity index (χ1n) is 4.77. The van der Waals surface area contributed by atoms with Crippen LogP contribution in [0.1, 0.15) is 40.5 Å². The van der Waals surface area contributed by atoms with Crippen molar-refractivity contribution in [1.82, 2.24) is 5.32 Å². The third-order valence-electron chi connectivity index (χ3n) is 1.71. The first-order chi connectivity index (χ1) is 5.42. The summed E-state index contributed by atoms with van der Waals surface area (Å²) >= 11 is 0. The van der Waals surface area contributed by atoms with Crippen LogP contribution in [0, 0.1) is 5.41 Å². The van der Waals surface area contributed by atoms with Crippen LogP contribution in [0.25, 0.3) is 0 Å². The van der Waals surface area contributed by atoms with Crippen molar-refractivity contribution < 1.29 is 0 Å². The molecule has 1 nitrogen and oxygen atoms in total. The quantitative estimate of drug-likeness (QED) is 0.493. The molecule has 0 saturated carbocycles. The lowest BCUT2D eigenvalue weighted by atomic mass is 9.91. The fourth-order valence-corrected chi connectivity index (χ4v) is 1.05. The van der Waals surface area contributed by atoms with E-state index < -0.39 is 0 Å². The second-order valence-electron chi connectivity index (χ2n) is 4.80. The van der Waals surface area contributed by atoms with E-state index in [0.717, 1.165) is 13.1 Å². The van der Waals surface area contributed by atoms with E-state index in [4.69, 9.17) is 0 Å². The highest BCUT2D eigenvalue weighted by Crippen LogP contribution is 2.19. The third-order valence-corrected chi connectivity index (χ3v) is 1.71. The average Bonchev–Trinajstić information content (AvgIpc) is 1.83. The third kappa shape index (κ3) is 9.70. The molecule has 12 heavy (non-hydrogen) atoms. The molecule has 0 aromatic rings. The number of nitrogens with one attached hydrogen (secondary N) is 1. The highest BCUT2D eigenvalue weighted by Gasteiger charge is 2.08. The lowest BCUT2D eigenvalue weighted by Gasteiger charge is -2.17. The number of rotatable bonds is 5. The van der Waals surface area contributed by atoms with Gasteiger partial charge in [-0.25, -0.2) is 0 Å². The summed E-state index contributed by atoms with van der Waals surface area (Å²) in [5, 5.41) is 3.36. The molecule has 0 aliphatic rings. The zero-order valence-corrected chi connectivity index (χ0v) is 9.04. The van der Waals surface area contributed by atoms with Crippen molar-refractivity contribution in [3.05, 3.63) is 12.2 Å². The van der Waals surface area contributed by atoms with Crippen LogP contribution >= 0.6 is 0 Å². The molecular weight excluding hydrogens is 146 g/mol. The molecule has 0 amide bonds. The Labute approximate surface area is 77.2 Å². The summed E-state index contributed by atoms with van der Waals surface area (Å²) in [6.07, 6.45) is 2.55. The fraction of sp³-hybridized carbons (Fsp3) is 0.818. The maximum absolute atomic E-state index is 3.84. The van der Waals surface area contributed by atoms with Gasteiger partial charge in [0.1, 0.15) is 0 Å². The van der Waals surface area contributed by atoms with E-state index in [9.17, 15) is 0 Å². The standard InChI is InChI=1S/C11H23N/c1-10(2)9-12-8-6-7-11(3,4)5/h12H,1,6-9H2,2-5H3. The molecule has 0 spiro atoms. The van der Waals surface area contributed by atoms with E-state index in [0.29, 0.717) is 5.41 Å². The molecule has 0 aliphatic carbocycles. The van der Waals surface area contributed by atoms with Gasteiger partial charge in [-0.15, -0.1) is 0 Å². The topological polar surface area (TPSA) is 12.0 Å². The highest BCUT2D eigenvalue weighted by atomic mass is 14.8. The molecule has 0 aliphatic heterocycles. The van der Waals surface area contributed by atoms with Crippen LogP contribution in [0.2, 0.25) is 0 Å². The van der Waals surface area contributed by atoms with Gasteiger partial charge in [-0.2, -0.15) is 0 Å². The molecule has 1 heteroatoms. The van der Waals surface area contributed by atoms with Crippen molar-refractivity contribution in [3.63, 3.8) is 0 Å². The summed E-state index contributed by atoms with van der Waals surface area (Å²) in [5.74, 6) is 0. The normalized spacial score (nSPS) is 11.7. The van der Waals surface area contributed by atoms with Crippen molar-refractivity contribution in [2.75, 3.05) is 13.1 Å². The van der Waals surface area contributed by atoms with Gasteiger partial charge in [0, 0.05) is 6.54 Å². The average molecular weight is 169 g/mol. The molecule has 1 N–H and O–H groups in total. The Balaban J connectivity index is 3.17. The first-order valence-corrected chi connectivity index (χ1v) is 4.77. The summed E-state index contributed by atoms with van der Waals surface area (Å²) in [6.45, 7) is 14.8. The van der Waals surface area contributed by atoms with Gasteiger partial charge in [0.2, 0.25) is 0 Å². The lowest BCUT2D eigenvalue weighted by molar-refractivity contribution is 0.362. The van der Waals surface area contributed by atoms with Gasteiger partial charge in [-0.05, 0) is 31.7 Å². The second kappa shape index (κ2) is 5.36. The van der Waals surface area contributed by atoms with Gasteiger partial charge in [0.15, 0.2) is 0 Å². The molecule has 0 heterocycles. The Bertz CT molecular complexity index is 130. The van der Waals surface area contributed by atoms with Gasteiger partial charge in [-0.3, -0.25) is 0 Å². The Kier molecular flexibility index (Phi) is 5.23. The van der Waals surface area contributed by atoms with Crippen LogP contribution in [0.15, 0.2) is 12.2 Å². The summed E-state index contributed by atoms with van der Waals surface area (Å²) in [6, 6.07) is 0. The van der Waals surface area contributed by atoms with E-state index in [-0.39, 0.29) is 0 Å². The van der Waals surface area contributed by atoms with Gasteiger partial charge in [-0.1, -0.05) is 32.9 Å². The molecular formula is C11H23N. The fourth-order valence-electron chi connectivity index (χ4n) is 1.05. The number of hydrogen-bond acceptors (Lipinski definition) is 1. The van der Waals surface area contributed by atoms with Gasteiger partial charge in [0.05, 0.1) is 0 Å². The molecule has 0 bridgehead atoms. The SMILES string of the molecule is C=C(C)CNCCCC(C)(C)C. The van der Waals surface area contributed by atoms with Crippen LogP contribution in [0.4, 0.5) is 0 Å². The van der Waals surface area contributed by atoms with E-state index in [1.54, 1.807) is 0 Å². The van der Waals surface area contributed by atoms with Crippen LogP contribution in [0.3, 0.4) is 0 Å².